The van der Waals surface area contributed by atoms with Gasteiger partial charge in [-0.1, -0.05) is 89.9 Å². The zero-order valence-corrected chi connectivity index (χ0v) is 40.4. The quantitative estimate of drug-likeness (QED) is 0.111. The number of benzene rings is 7. The minimum Gasteiger partial charge on any atom is -0.488 e. The molecule has 0 atom stereocenters. The van der Waals surface area contributed by atoms with E-state index in [1.54, 1.807) is 66.7 Å². The molecule has 0 spiro atoms. The number of hydrogen-bond donors (Lipinski definition) is 2. The lowest BCUT2D eigenvalue weighted by atomic mass is 10.1. The number of hydrogen-bond acceptors (Lipinski definition) is 6. The highest BCUT2D eigenvalue weighted by Gasteiger charge is 2.21. The fourth-order valence-corrected chi connectivity index (χ4v) is 9.22. The molecule has 0 bridgehead atoms. The molecular formula is C56H43Cl2F2N3O7S. The molecule has 358 valence electrons. The molecule has 2 N–H and O–H groups in total. The minimum atomic E-state index is -4.03. The first-order valence-corrected chi connectivity index (χ1v) is 24.2. The molecule has 10 nitrogen and oxygen atoms in total. The minimum absolute atomic E-state index is 0.00146. The van der Waals surface area contributed by atoms with Crippen LogP contribution in [0.15, 0.2) is 193 Å². The Labute approximate surface area is 419 Å². The van der Waals surface area contributed by atoms with Crippen molar-refractivity contribution in [2.24, 2.45) is 0 Å². The molecule has 7 aromatic carbocycles. The number of carboxylic acid groups (broad SMARTS) is 1. The van der Waals surface area contributed by atoms with Gasteiger partial charge in [0.15, 0.2) is 0 Å². The molecule has 0 fully saturated rings. The third-order valence-electron chi connectivity index (χ3n) is 11.3. The molecule has 0 saturated heterocycles. The van der Waals surface area contributed by atoms with E-state index in [-0.39, 0.29) is 34.3 Å². The summed E-state index contributed by atoms with van der Waals surface area (Å²) >= 11 is 12.3. The van der Waals surface area contributed by atoms with Crippen molar-refractivity contribution in [3.63, 3.8) is 0 Å². The monoisotopic (exact) mass is 1010 g/mol. The van der Waals surface area contributed by atoms with Crippen LogP contribution in [0.1, 0.15) is 43.2 Å². The number of amides is 1. The maximum Gasteiger partial charge on any atom is 0.335 e. The number of ether oxygens (including phenoxy) is 2. The first kappa shape index (κ1) is 49.5. The molecular weight excluding hydrogens is 968 g/mol. The standard InChI is InChI=1S/C31H24ClFN2O4S.C25H19ClFNO3/c1-21-14-17-29(27-12-5-6-13-30(27)39-20-23-15-16-24(33)19-28(23)32)35(21)25-9-7-8-22(18-25)31(36)34-40(37,38)26-10-3-2-4-11-26;1-16-9-12-23(28(16)20-6-4-5-17(13-20)25(29)30)21-7-2-3-8-24(21)31-15-18-10-11-19(27)14-22(18)26/h2-19H,20H2,1H3,(H,34,36);2-14H,15H2,1H3,(H,29,30). The first-order valence-electron chi connectivity index (χ1n) is 21.9. The molecule has 0 aliphatic rings. The van der Waals surface area contributed by atoms with E-state index in [0.717, 1.165) is 39.6 Å². The van der Waals surface area contributed by atoms with Crippen LogP contribution in [0.25, 0.3) is 33.9 Å². The van der Waals surface area contributed by atoms with Crippen molar-refractivity contribution in [1.82, 2.24) is 13.9 Å². The molecule has 9 aromatic rings. The van der Waals surface area contributed by atoms with E-state index in [0.29, 0.717) is 33.3 Å². The van der Waals surface area contributed by atoms with Crippen molar-refractivity contribution in [3.8, 4) is 45.4 Å². The predicted molar refractivity (Wildman–Crippen MR) is 271 cm³/mol. The Kier molecular flexibility index (Phi) is 15.2. The van der Waals surface area contributed by atoms with Crippen molar-refractivity contribution in [2.75, 3.05) is 0 Å². The zero-order chi connectivity index (χ0) is 50.2. The van der Waals surface area contributed by atoms with E-state index in [2.05, 4.69) is 4.72 Å². The number of aromatic carboxylic acids is 1. The zero-order valence-electron chi connectivity index (χ0n) is 38.0. The number of nitrogens with one attached hydrogen (secondary N) is 1. The van der Waals surface area contributed by atoms with Crippen molar-refractivity contribution in [3.05, 3.63) is 243 Å². The number of aromatic nitrogens is 2. The lowest BCUT2D eigenvalue weighted by Crippen LogP contribution is -2.30. The molecule has 15 heteroatoms. The topological polar surface area (TPSA) is 129 Å². The van der Waals surface area contributed by atoms with Crippen LogP contribution >= 0.6 is 23.2 Å². The van der Waals surface area contributed by atoms with Crippen LogP contribution in [0.2, 0.25) is 10.0 Å². The lowest BCUT2D eigenvalue weighted by molar-refractivity contribution is 0.0696. The normalized spacial score (nSPS) is 11.1. The average molecular weight is 1010 g/mol. The van der Waals surface area contributed by atoms with Gasteiger partial charge in [0.25, 0.3) is 15.9 Å². The highest BCUT2D eigenvalue weighted by Crippen LogP contribution is 2.36. The Balaban J connectivity index is 0.000000197. The molecule has 0 saturated carbocycles. The number of carboxylic acids is 1. The summed E-state index contributed by atoms with van der Waals surface area (Å²) in [6.07, 6.45) is 0. The van der Waals surface area contributed by atoms with Crippen LogP contribution in [0.4, 0.5) is 8.78 Å². The lowest BCUT2D eigenvalue weighted by Gasteiger charge is -2.17. The molecule has 2 heterocycles. The van der Waals surface area contributed by atoms with Gasteiger partial charge in [-0.05, 0) is 135 Å². The van der Waals surface area contributed by atoms with Crippen LogP contribution < -0.4 is 14.2 Å². The number of rotatable bonds is 14. The van der Waals surface area contributed by atoms with Crippen molar-refractivity contribution in [1.29, 1.82) is 0 Å². The number of aryl methyl sites for hydroxylation is 2. The Morgan fingerprint density at radius 2 is 1.00 bits per heavy atom. The fourth-order valence-electron chi connectivity index (χ4n) is 7.78. The SMILES string of the molecule is Cc1ccc(-c2ccccc2OCc2ccc(F)cc2Cl)n1-c1cccc(C(=O)NS(=O)(=O)c2ccccc2)c1.Cc1ccc(-c2ccccc2OCc2ccc(F)cc2Cl)n1-c1cccc(C(=O)O)c1. The average Bonchev–Trinajstić information content (AvgIpc) is 3.95. The highest BCUT2D eigenvalue weighted by atomic mass is 35.5. The molecule has 1 amide bonds. The molecule has 0 radical (unpaired) electrons. The third kappa shape index (κ3) is 11.6. The molecule has 71 heavy (non-hydrogen) atoms. The van der Waals surface area contributed by atoms with Crippen molar-refractivity contribution in [2.45, 2.75) is 32.0 Å². The number of nitrogens with zero attached hydrogens (tertiary/aromatic N) is 2. The van der Waals surface area contributed by atoms with Gasteiger partial charge in [-0.3, -0.25) is 4.79 Å². The Hall–Kier alpha value is -7.97. The van der Waals surface area contributed by atoms with Gasteiger partial charge in [-0.15, -0.1) is 0 Å². The number of carbonyl (C=O) groups excluding carboxylic acids is 1. The summed E-state index contributed by atoms with van der Waals surface area (Å²) < 4.78 is 70.4. The smallest absolute Gasteiger partial charge is 0.335 e. The summed E-state index contributed by atoms with van der Waals surface area (Å²) in [5, 5.41) is 9.95. The molecule has 2 aromatic heterocycles. The molecule has 0 aliphatic heterocycles. The number of halogens is 4. The predicted octanol–water partition coefficient (Wildman–Crippen LogP) is 13.5. The summed E-state index contributed by atoms with van der Waals surface area (Å²) in [4.78, 5) is 24.4. The van der Waals surface area contributed by atoms with Gasteiger partial charge in [-0.2, -0.15) is 0 Å². The summed E-state index contributed by atoms with van der Waals surface area (Å²) in [6.45, 7) is 4.21. The number of sulfonamides is 1. The van der Waals surface area contributed by atoms with Crippen molar-refractivity contribution >= 4 is 45.1 Å². The van der Waals surface area contributed by atoms with E-state index in [4.69, 9.17) is 32.7 Å². The van der Waals surface area contributed by atoms with E-state index < -0.39 is 33.5 Å². The van der Waals surface area contributed by atoms with E-state index in [9.17, 15) is 31.9 Å². The highest BCUT2D eigenvalue weighted by molar-refractivity contribution is 7.90. The first-order chi connectivity index (χ1) is 34.2. The summed E-state index contributed by atoms with van der Waals surface area (Å²) in [7, 11) is -4.03. The largest absolute Gasteiger partial charge is 0.488 e. The number of carbonyl (C=O) groups is 2. The third-order valence-corrected chi connectivity index (χ3v) is 13.3. The molecule has 0 unspecified atom stereocenters. The Bertz CT molecular complexity index is 3530. The van der Waals surface area contributed by atoms with Gasteiger partial charge in [0, 0.05) is 50.6 Å². The Morgan fingerprint density at radius 3 is 1.48 bits per heavy atom. The van der Waals surface area contributed by atoms with Crippen LogP contribution in [0.5, 0.6) is 11.5 Å². The van der Waals surface area contributed by atoms with Crippen LogP contribution in [0.3, 0.4) is 0 Å². The van der Waals surface area contributed by atoms with Crippen LogP contribution in [-0.2, 0) is 23.2 Å². The van der Waals surface area contributed by atoms with Crippen LogP contribution in [0, 0.1) is 25.5 Å². The second-order valence-corrected chi connectivity index (χ2v) is 18.6. The fraction of sp³-hybridized carbons (Fsp3) is 0.0714. The Morgan fingerprint density at radius 1 is 0.549 bits per heavy atom. The van der Waals surface area contributed by atoms with Crippen LogP contribution in [-0.4, -0.2) is 34.5 Å². The van der Waals surface area contributed by atoms with Gasteiger partial charge in [0.1, 0.15) is 36.3 Å². The van der Waals surface area contributed by atoms with Gasteiger partial charge in [-0.25, -0.2) is 26.7 Å². The van der Waals surface area contributed by atoms with E-state index in [1.165, 1.54) is 36.4 Å². The maximum absolute atomic E-state index is 13.5. The van der Waals surface area contributed by atoms with Gasteiger partial charge in [0.05, 0.1) is 31.9 Å². The number of para-hydroxylation sites is 2. The maximum atomic E-state index is 13.5. The second kappa shape index (κ2) is 21.8. The van der Waals surface area contributed by atoms with Crippen molar-refractivity contribution < 1.29 is 41.4 Å². The van der Waals surface area contributed by atoms with Gasteiger partial charge >= 0.3 is 5.97 Å². The summed E-state index contributed by atoms with van der Waals surface area (Å²) in [5.41, 5.74) is 8.27. The second-order valence-electron chi connectivity index (χ2n) is 16.1. The molecule has 9 rings (SSSR count). The van der Waals surface area contributed by atoms with Gasteiger partial charge in [0.2, 0.25) is 0 Å². The summed E-state index contributed by atoms with van der Waals surface area (Å²) in [5.74, 6) is -1.31. The molecule has 0 aliphatic carbocycles. The van der Waals surface area contributed by atoms with E-state index >= 15 is 0 Å². The van der Waals surface area contributed by atoms with Gasteiger partial charge < -0.3 is 23.7 Å². The summed E-state index contributed by atoms with van der Waals surface area (Å²) in [6, 6.07) is 52.5. The van der Waals surface area contributed by atoms with E-state index in [1.807, 2.05) is 108 Å².